The van der Waals surface area contributed by atoms with Crippen molar-refractivity contribution in [2.24, 2.45) is 5.73 Å². The third kappa shape index (κ3) is 5.48. The fraction of sp³-hybridized carbons (Fsp3) is 0.412. The SMILES string of the molecule is CCN1CCC(C(N)=O)(c2ccccc2)CC1C1(c2ccc(Cl)c(Cl)c2)CCN(C(=O)c2cc(OC)c(OC)c(OC)c2)C1. The summed E-state index contributed by atoms with van der Waals surface area (Å²) in [5, 5.41) is 0.904. The number of carbonyl (C=O) groups excluding carboxylic acids is 2. The quantitative estimate of drug-likeness (QED) is 0.322. The van der Waals surface area contributed by atoms with Gasteiger partial charge in [0, 0.05) is 30.1 Å². The molecule has 0 aliphatic carbocycles. The van der Waals surface area contributed by atoms with Gasteiger partial charge in [-0.05, 0) is 67.7 Å². The van der Waals surface area contributed by atoms with Gasteiger partial charge in [0.15, 0.2) is 11.5 Å². The molecule has 44 heavy (non-hydrogen) atoms. The van der Waals surface area contributed by atoms with E-state index in [0.717, 1.165) is 17.7 Å². The van der Waals surface area contributed by atoms with Crippen LogP contribution in [0.15, 0.2) is 60.7 Å². The molecule has 0 radical (unpaired) electrons. The standard InChI is InChI=1S/C34H39Cl2N3O5/c1-5-38-15-13-33(32(37)41,23-9-7-6-8-10-23)20-29(38)34(24-11-12-25(35)26(36)19-24)14-16-39(21-34)31(40)22-17-27(42-2)30(44-4)28(18-22)43-3/h6-12,17-19,29H,5,13-16,20-21H2,1-4H3,(H2,37,41). The lowest BCUT2D eigenvalue weighted by Gasteiger charge is -2.52. The maximum Gasteiger partial charge on any atom is 0.254 e. The monoisotopic (exact) mass is 639 g/mol. The molecule has 0 spiro atoms. The van der Waals surface area contributed by atoms with E-state index in [1.165, 1.54) is 21.3 Å². The predicted octanol–water partition coefficient (Wildman–Crippen LogP) is 5.71. The first kappa shape index (κ1) is 31.9. The van der Waals surface area contributed by atoms with E-state index in [1.807, 2.05) is 53.4 Å². The molecule has 3 atom stereocenters. The van der Waals surface area contributed by atoms with Gasteiger partial charge in [-0.2, -0.15) is 0 Å². The van der Waals surface area contributed by atoms with Crippen LogP contribution in [0.3, 0.4) is 0 Å². The Hall–Kier alpha value is -3.46. The second kappa shape index (κ2) is 12.9. The van der Waals surface area contributed by atoms with Gasteiger partial charge in [-0.3, -0.25) is 14.5 Å². The minimum atomic E-state index is -0.852. The number of nitrogens with two attached hydrogens (primary N) is 1. The molecule has 2 saturated heterocycles. The zero-order valence-electron chi connectivity index (χ0n) is 25.6. The van der Waals surface area contributed by atoms with Crippen LogP contribution in [0.5, 0.6) is 17.2 Å². The van der Waals surface area contributed by atoms with Gasteiger partial charge < -0.3 is 24.8 Å². The Morgan fingerprint density at radius 3 is 2.14 bits per heavy atom. The van der Waals surface area contributed by atoms with Crippen molar-refractivity contribution in [3.63, 3.8) is 0 Å². The van der Waals surface area contributed by atoms with Gasteiger partial charge in [0.2, 0.25) is 11.7 Å². The van der Waals surface area contributed by atoms with Gasteiger partial charge in [-0.1, -0.05) is 66.5 Å². The Labute approximate surface area is 269 Å². The highest BCUT2D eigenvalue weighted by atomic mass is 35.5. The zero-order chi connectivity index (χ0) is 31.6. The molecule has 10 heteroatoms. The lowest BCUT2D eigenvalue weighted by Crippen LogP contribution is -2.61. The zero-order valence-corrected chi connectivity index (χ0v) is 27.1. The van der Waals surface area contributed by atoms with Crippen LogP contribution in [0.2, 0.25) is 10.0 Å². The highest BCUT2D eigenvalue weighted by Crippen LogP contribution is 2.50. The number of benzene rings is 3. The molecule has 2 heterocycles. The summed E-state index contributed by atoms with van der Waals surface area (Å²) in [5.41, 5.74) is 7.15. The molecule has 2 amide bonds. The van der Waals surface area contributed by atoms with E-state index < -0.39 is 10.8 Å². The van der Waals surface area contributed by atoms with Crippen molar-refractivity contribution in [1.29, 1.82) is 0 Å². The number of likely N-dealkylation sites (tertiary alicyclic amines) is 2. The Morgan fingerprint density at radius 2 is 1.57 bits per heavy atom. The summed E-state index contributed by atoms with van der Waals surface area (Å²) in [6, 6.07) is 18.8. The summed E-state index contributed by atoms with van der Waals surface area (Å²) in [6.07, 6.45) is 1.78. The topological polar surface area (TPSA) is 94.3 Å². The molecule has 0 bridgehead atoms. The fourth-order valence-corrected chi connectivity index (χ4v) is 7.56. The number of primary amides is 1. The van der Waals surface area contributed by atoms with E-state index in [-0.39, 0.29) is 17.9 Å². The van der Waals surface area contributed by atoms with Crippen molar-refractivity contribution < 1.29 is 23.8 Å². The minimum absolute atomic E-state index is 0.121. The second-order valence-corrected chi connectivity index (χ2v) is 12.4. The van der Waals surface area contributed by atoms with Crippen LogP contribution in [0.25, 0.3) is 0 Å². The van der Waals surface area contributed by atoms with Gasteiger partial charge in [0.1, 0.15) is 0 Å². The van der Waals surface area contributed by atoms with E-state index in [4.69, 9.17) is 43.1 Å². The van der Waals surface area contributed by atoms with Crippen molar-refractivity contribution in [3.8, 4) is 17.2 Å². The number of amides is 2. The third-order valence-electron chi connectivity index (χ3n) is 9.64. The van der Waals surface area contributed by atoms with Crippen molar-refractivity contribution in [2.75, 3.05) is 47.5 Å². The Kier molecular flexibility index (Phi) is 9.35. The van der Waals surface area contributed by atoms with Crippen LogP contribution >= 0.6 is 23.2 Å². The molecule has 8 nitrogen and oxygen atoms in total. The maximum absolute atomic E-state index is 14.2. The number of hydrogen-bond donors (Lipinski definition) is 1. The van der Waals surface area contributed by atoms with E-state index in [2.05, 4.69) is 11.8 Å². The first-order chi connectivity index (χ1) is 21.1. The Morgan fingerprint density at radius 1 is 0.886 bits per heavy atom. The second-order valence-electron chi connectivity index (χ2n) is 11.6. The summed E-state index contributed by atoms with van der Waals surface area (Å²) in [7, 11) is 4.58. The first-order valence-electron chi connectivity index (χ1n) is 14.8. The summed E-state index contributed by atoms with van der Waals surface area (Å²) in [6.45, 7) is 4.49. The molecule has 3 aromatic rings. The summed E-state index contributed by atoms with van der Waals surface area (Å²) < 4.78 is 16.5. The molecule has 2 aliphatic rings. The summed E-state index contributed by atoms with van der Waals surface area (Å²) >= 11 is 13.0. The lowest BCUT2D eigenvalue weighted by atomic mass is 9.61. The Balaban J connectivity index is 1.61. The van der Waals surface area contributed by atoms with E-state index in [9.17, 15) is 9.59 Å². The van der Waals surface area contributed by atoms with Gasteiger partial charge in [0.25, 0.3) is 5.91 Å². The minimum Gasteiger partial charge on any atom is -0.493 e. The molecular weight excluding hydrogens is 601 g/mol. The number of piperidine rings is 1. The molecule has 2 N–H and O–H groups in total. The average Bonchev–Trinajstić information content (AvgIpc) is 3.51. The number of nitrogens with zero attached hydrogens (tertiary/aromatic N) is 2. The number of methoxy groups -OCH3 is 3. The molecule has 2 aliphatic heterocycles. The number of carbonyl (C=O) groups is 2. The normalized spacial score (nSPS) is 23.8. The van der Waals surface area contributed by atoms with Crippen LogP contribution in [0.1, 0.15) is 47.7 Å². The van der Waals surface area contributed by atoms with Gasteiger partial charge >= 0.3 is 0 Å². The number of hydrogen-bond acceptors (Lipinski definition) is 6. The van der Waals surface area contributed by atoms with E-state index in [1.54, 1.807) is 12.1 Å². The molecule has 3 aromatic carbocycles. The van der Waals surface area contributed by atoms with Crippen LogP contribution < -0.4 is 19.9 Å². The van der Waals surface area contributed by atoms with Crippen LogP contribution in [-0.4, -0.2) is 75.2 Å². The van der Waals surface area contributed by atoms with Crippen molar-refractivity contribution in [2.45, 2.75) is 43.1 Å². The van der Waals surface area contributed by atoms with Crippen molar-refractivity contribution >= 4 is 35.0 Å². The molecule has 0 saturated carbocycles. The highest BCUT2D eigenvalue weighted by molar-refractivity contribution is 6.42. The molecular formula is C34H39Cl2N3O5. The number of ether oxygens (including phenoxy) is 3. The Bertz CT molecular complexity index is 1510. The van der Waals surface area contributed by atoms with Gasteiger partial charge in [0.05, 0.1) is 36.8 Å². The van der Waals surface area contributed by atoms with E-state index >= 15 is 0 Å². The number of likely N-dealkylation sites (N-methyl/N-ethyl adjacent to an activating group) is 1. The van der Waals surface area contributed by atoms with Crippen LogP contribution in [0, 0.1) is 0 Å². The molecule has 234 valence electrons. The average molecular weight is 641 g/mol. The summed E-state index contributed by atoms with van der Waals surface area (Å²) in [4.78, 5) is 31.8. The highest BCUT2D eigenvalue weighted by Gasteiger charge is 2.55. The van der Waals surface area contributed by atoms with E-state index in [0.29, 0.717) is 71.8 Å². The van der Waals surface area contributed by atoms with Gasteiger partial charge in [-0.25, -0.2) is 0 Å². The maximum atomic E-state index is 14.2. The molecule has 5 rings (SSSR count). The smallest absolute Gasteiger partial charge is 0.254 e. The fourth-order valence-electron chi connectivity index (χ4n) is 7.26. The van der Waals surface area contributed by atoms with Crippen molar-refractivity contribution in [1.82, 2.24) is 9.80 Å². The third-order valence-corrected chi connectivity index (χ3v) is 10.4. The predicted molar refractivity (Wildman–Crippen MR) is 172 cm³/mol. The largest absolute Gasteiger partial charge is 0.493 e. The lowest BCUT2D eigenvalue weighted by molar-refractivity contribution is -0.127. The van der Waals surface area contributed by atoms with Crippen LogP contribution in [0.4, 0.5) is 0 Å². The molecule has 2 fully saturated rings. The number of halogens is 2. The molecule has 0 aromatic heterocycles. The van der Waals surface area contributed by atoms with Gasteiger partial charge in [-0.15, -0.1) is 0 Å². The van der Waals surface area contributed by atoms with Crippen molar-refractivity contribution in [3.05, 3.63) is 87.4 Å². The van der Waals surface area contributed by atoms with Crippen LogP contribution in [-0.2, 0) is 15.6 Å². The molecule has 3 unspecified atom stereocenters. The summed E-state index contributed by atoms with van der Waals surface area (Å²) in [5.74, 6) is 0.737. The number of rotatable bonds is 9. The first-order valence-corrected chi connectivity index (χ1v) is 15.5.